The largest absolute Gasteiger partial charge is 0.304 e. The summed E-state index contributed by atoms with van der Waals surface area (Å²) in [5.74, 6) is 1.31. The van der Waals surface area contributed by atoms with Crippen molar-refractivity contribution >= 4 is 12.2 Å². The summed E-state index contributed by atoms with van der Waals surface area (Å²) >= 11 is 1.32. The lowest BCUT2D eigenvalue weighted by molar-refractivity contribution is 0.454. The van der Waals surface area contributed by atoms with Gasteiger partial charge in [-0.25, -0.2) is 4.31 Å². The molecule has 2 atom stereocenters. The normalized spacial score (nSPS) is 12.9. The highest BCUT2D eigenvalue weighted by atomic mass is 32.2. The van der Waals surface area contributed by atoms with Crippen molar-refractivity contribution in [2.45, 2.75) is 80.6 Å². The lowest BCUT2D eigenvalue weighted by atomic mass is 9.91. The molecule has 3 heteroatoms. The summed E-state index contributed by atoms with van der Waals surface area (Å²) in [4.78, 5) is 0. The van der Waals surface area contributed by atoms with Gasteiger partial charge in [-0.1, -0.05) is 116 Å². The fraction of sp³-hybridized carbons (Fsp3) is 0.586. The summed E-state index contributed by atoms with van der Waals surface area (Å²) in [6, 6.07) is 0. The molecule has 0 aliphatic carbocycles. The molecule has 2 nitrogen and oxygen atoms in total. The van der Waals surface area contributed by atoms with Crippen LogP contribution in [0.1, 0.15) is 80.6 Å². The quantitative estimate of drug-likeness (QED) is 0.153. The van der Waals surface area contributed by atoms with Gasteiger partial charge in [-0.3, -0.25) is 0 Å². The Hall–Kier alpha value is -1.29. The number of hydrogen-bond acceptors (Lipinski definition) is 3. The Balaban J connectivity index is -0.000000785. The summed E-state index contributed by atoms with van der Waals surface area (Å²) in [6.07, 6.45) is 12.1. The molecule has 0 heterocycles. The number of allylic oxidation sites excluding steroid dienone is 8. The van der Waals surface area contributed by atoms with Crippen molar-refractivity contribution in [1.29, 1.82) is 0 Å². The van der Waals surface area contributed by atoms with E-state index in [0.717, 1.165) is 34.6 Å². The zero-order chi connectivity index (χ0) is 25.7. The van der Waals surface area contributed by atoms with Gasteiger partial charge in [0.05, 0.1) is 19.3 Å². The van der Waals surface area contributed by atoms with E-state index in [0.29, 0.717) is 5.92 Å². The monoisotopic (exact) mass is 463 g/mol. The predicted octanol–water partition coefficient (Wildman–Crippen LogP) is 9.76. The molecule has 0 saturated carbocycles. The van der Waals surface area contributed by atoms with Gasteiger partial charge in [0, 0.05) is 0 Å². The van der Waals surface area contributed by atoms with Gasteiger partial charge in [-0.15, -0.1) is 0 Å². The topological polar surface area (TPSA) is 12.5 Å². The van der Waals surface area contributed by atoms with Crippen molar-refractivity contribution in [3.05, 3.63) is 72.4 Å². The molecule has 0 aliphatic rings. The van der Waals surface area contributed by atoms with Crippen LogP contribution in [0.15, 0.2) is 72.4 Å². The minimum absolute atomic E-state index is 0.512. The molecule has 0 N–H and O–H groups in total. The van der Waals surface area contributed by atoms with Crippen molar-refractivity contribution in [2.75, 3.05) is 21.2 Å². The van der Waals surface area contributed by atoms with Crippen LogP contribution in [0.3, 0.4) is 0 Å². The third-order valence-corrected chi connectivity index (χ3v) is 5.33. The van der Waals surface area contributed by atoms with Gasteiger partial charge >= 0.3 is 0 Å². The molecule has 0 aromatic rings. The Kier molecular flexibility index (Phi) is 25.3. The maximum Gasteiger partial charge on any atom is 0.0810 e. The van der Waals surface area contributed by atoms with E-state index in [2.05, 4.69) is 91.1 Å². The predicted molar refractivity (Wildman–Crippen MR) is 152 cm³/mol. The van der Waals surface area contributed by atoms with E-state index < -0.39 is 0 Å². The lowest BCUT2D eigenvalue weighted by Gasteiger charge is -2.15. The van der Waals surface area contributed by atoms with Crippen LogP contribution in [0.2, 0.25) is 0 Å². The second kappa shape index (κ2) is 22.9. The van der Waals surface area contributed by atoms with Gasteiger partial charge in [-0.05, 0) is 62.4 Å². The van der Waals surface area contributed by atoms with Gasteiger partial charge in [0.25, 0.3) is 0 Å². The van der Waals surface area contributed by atoms with Crippen LogP contribution in [0.4, 0.5) is 0 Å². The summed E-state index contributed by atoms with van der Waals surface area (Å²) in [7, 11) is 5.49. The first-order chi connectivity index (χ1) is 14.9. The Labute approximate surface area is 206 Å². The summed E-state index contributed by atoms with van der Waals surface area (Å²) in [6.45, 7) is 31.7. The van der Waals surface area contributed by atoms with Crippen molar-refractivity contribution < 1.29 is 4.18 Å². The maximum absolute atomic E-state index is 4.65. The Morgan fingerprint density at radius 1 is 0.969 bits per heavy atom. The summed E-state index contributed by atoms with van der Waals surface area (Å²) in [5, 5.41) is 0. The van der Waals surface area contributed by atoms with Crippen LogP contribution in [-0.4, -0.2) is 25.5 Å². The van der Waals surface area contributed by atoms with Crippen molar-refractivity contribution in [3.63, 3.8) is 0 Å². The van der Waals surface area contributed by atoms with Crippen LogP contribution < -0.4 is 0 Å². The smallest absolute Gasteiger partial charge is 0.0810 e. The highest BCUT2D eigenvalue weighted by Gasteiger charge is 2.07. The molecule has 186 valence electrons. The van der Waals surface area contributed by atoms with E-state index in [1.807, 2.05) is 24.5 Å². The molecule has 0 aliphatic heterocycles. The van der Waals surface area contributed by atoms with Gasteiger partial charge in [-0.2, -0.15) is 0 Å². The fourth-order valence-electron chi connectivity index (χ4n) is 2.29. The van der Waals surface area contributed by atoms with E-state index in [1.54, 1.807) is 7.11 Å². The first-order valence-corrected chi connectivity index (χ1v) is 12.6. The maximum atomic E-state index is 4.65. The standard InChI is InChI=1S/C23H36.C3H9NOS.C3H8/c1-10-17(3)12-13-19(5)20(6)14-15-21(7)23(9)22(8)16-18(4)11-2;1-4(2)6-5-3;1-3-2/h14-17,19H,4,6-7,9-13H2,1-3,5,8H3;1-3H3;3H2,1-2H3/b15-14-,22-16-;;. The molecule has 0 aromatic carbocycles. The summed E-state index contributed by atoms with van der Waals surface area (Å²) in [5.41, 5.74) is 5.32. The lowest BCUT2D eigenvalue weighted by Crippen LogP contribution is -2.01. The Morgan fingerprint density at radius 3 is 1.88 bits per heavy atom. The van der Waals surface area contributed by atoms with Crippen LogP contribution >= 0.6 is 12.2 Å². The Morgan fingerprint density at radius 2 is 1.50 bits per heavy atom. The average Bonchev–Trinajstić information content (AvgIpc) is 2.75. The number of rotatable bonds is 13. The fourth-order valence-corrected chi connectivity index (χ4v) is 2.59. The second-order valence-electron chi connectivity index (χ2n) is 8.50. The van der Waals surface area contributed by atoms with Crippen molar-refractivity contribution in [3.8, 4) is 0 Å². The molecule has 0 spiro atoms. The van der Waals surface area contributed by atoms with Gasteiger partial charge < -0.3 is 4.18 Å². The first kappa shape index (κ1) is 35.3. The molecule has 32 heavy (non-hydrogen) atoms. The van der Waals surface area contributed by atoms with Crippen molar-refractivity contribution in [2.24, 2.45) is 11.8 Å². The molecule has 2 unspecified atom stereocenters. The van der Waals surface area contributed by atoms with Crippen molar-refractivity contribution in [1.82, 2.24) is 4.31 Å². The third-order valence-electron chi connectivity index (χ3n) is 4.88. The van der Waals surface area contributed by atoms with E-state index in [9.17, 15) is 0 Å². The van der Waals surface area contributed by atoms with Crippen LogP contribution in [0, 0.1) is 11.8 Å². The van der Waals surface area contributed by atoms with Gasteiger partial charge in [0.15, 0.2) is 0 Å². The van der Waals surface area contributed by atoms with Crippen LogP contribution in [0.25, 0.3) is 0 Å². The zero-order valence-corrected chi connectivity index (χ0v) is 23.8. The van der Waals surface area contributed by atoms with E-state index >= 15 is 0 Å². The molecule has 0 saturated heterocycles. The van der Waals surface area contributed by atoms with E-state index in [-0.39, 0.29) is 0 Å². The molecule has 0 bridgehead atoms. The Bertz CT molecular complexity index is 598. The molecule has 0 fully saturated rings. The molecule has 0 radical (unpaired) electrons. The first-order valence-electron chi connectivity index (χ1n) is 11.9. The van der Waals surface area contributed by atoms with E-state index in [4.69, 9.17) is 0 Å². The van der Waals surface area contributed by atoms with E-state index in [1.165, 1.54) is 43.5 Å². The highest BCUT2D eigenvalue weighted by molar-refractivity contribution is 7.92. The molecular weight excluding hydrogens is 410 g/mol. The van der Waals surface area contributed by atoms with Gasteiger partial charge in [0.1, 0.15) is 0 Å². The molecular formula is C29H53NOS. The van der Waals surface area contributed by atoms with Gasteiger partial charge in [0.2, 0.25) is 0 Å². The molecule has 0 aromatic heterocycles. The third kappa shape index (κ3) is 21.9. The van der Waals surface area contributed by atoms with Crippen LogP contribution in [0.5, 0.6) is 0 Å². The average molecular weight is 464 g/mol. The zero-order valence-electron chi connectivity index (χ0n) is 23.0. The SMILES string of the molecule is C=C(/C=C(/C)C(=C)C(=C)/C=C\C(=C)C(C)CCC(C)CC)CC.CCC.COSN(C)C. The second-order valence-corrected chi connectivity index (χ2v) is 9.72. The highest BCUT2D eigenvalue weighted by Crippen LogP contribution is 2.23. The number of nitrogens with zero attached hydrogens (tertiary/aromatic N) is 1. The molecule has 0 amide bonds. The van der Waals surface area contributed by atoms with Crippen LogP contribution in [-0.2, 0) is 4.18 Å². The summed E-state index contributed by atoms with van der Waals surface area (Å²) < 4.78 is 6.52. The minimum Gasteiger partial charge on any atom is -0.304 e. The molecule has 0 rings (SSSR count). The number of hydrogen-bond donors (Lipinski definition) is 0. The minimum atomic E-state index is 0.512.